The number of nitrogens with one attached hydrogen (secondary N) is 1. The highest BCUT2D eigenvalue weighted by molar-refractivity contribution is 8.00. The quantitative estimate of drug-likeness (QED) is 0.681. The van der Waals surface area contributed by atoms with Crippen molar-refractivity contribution in [2.45, 2.75) is 37.2 Å². The van der Waals surface area contributed by atoms with Gasteiger partial charge in [-0.15, -0.1) is 10.2 Å². The number of carbonyl (C=O) groups is 2. The topological polar surface area (TPSA) is 106 Å². The number of rotatable bonds is 7. The molecule has 2 aromatic rings. The molecule has 0 saturated carbocycles. The van der Waals surface area contributed by atoms with E-state index in [0.29, 0.717) is 16.7 Å². The summed E-state index contributed by atoms with van der Waals surface area (Å²) in [6.45, 7) is 5.69. The number of amides is 3. The lowest BCUT2D eigenvalue weighted by molar-refractivity contribution is -0.120. The lowest BCUT2D eigenvalue weighted by Crippen LogP contribution is -2.42. The van der Waals surface area contributed by atoms with Crippen LogP contribution in [-0.2, 0) is 4.79 Å². The molecule has 3 N–H and O–H groups in total. The summed E-state index contributed by atoms with van der Waals surface area (Å²) in [4.78, 5) is 25.4. The molecule has 0 saturated heterocycles. The van der Waals surface area contributed by atoms with Gasteiger partial charge in [0, 0.05) is 5.69 Å². The molecule has 0 fully saturated rings. The van der Waals surface area contributed by atoms with E-state index >= 15 is 0 Å². The lowest BCUT2D eigenvalue weighted by Gasteiger charge is -2.22. The maximum absolute atomic E-state index is 13.4. The molecule has 1 aromatic carbocycles. The van der Waals surface area contributed by atoms with Crippen LogP contribution >= 0.6 is 11.8 Å². The van der Waals surface area contributed by atoms with Crippen LogP contribution in [0.2, 0.25) is 0 Å². The molecule has 0 aliphatic heterocycles. The van der Waals surface area contributed by atoms with Crippen LogP contribution < -0.4 is 11.1 Å². The fraction of sp³-hybridized carbons (Fsp3) is 0.444. The summed E-state index contributed by atoms with van der Waals surface area (Å²) in [5.74, 6) is -0.299. The van der Waals surface area contributed by atoms with Crippen molar-refractivity contribution in [3.63, 3.8) is 0 Å². The van der Waals surface area contributed by atoms with E-state index in [1.165, 1.54) is 23.9 Å². The third-order valence-corrected chi connectivity index (χ3v) is 5.72. The average molecular weight is 409 g/mol. The number of urea groups is 1. The Hall–Kier alpha value is -2.46. The number of benzene rings is 1. The summed E-state index contributed by atoms with van der Waals surface area (Å²) in [6.07, 6.45) is 0. The molecular formula is C18H25FN6O2S. The summed E-state index contributed by atoms with van der Waals surface area (Å²) < 4.78 is 15.2. The third-order valence-electron chi connectivity index (χ3n) is 4.23. The Bertz CT molecular complexity index is 837. The molecule has 152 valence electrons. The van der Waals surface area contributed by atoms with Gasteiger partial charge in [0.15, 0.2) is 11.0 Å². The second-order valence-electron chi connectivity index (χ2n) is 6.93. The fourth-order valence-corrected chi connectivity index (χ4v) is 3.55. The number of halogens is 1. The Morgan fingerprint density at radius 2 is 1.79 bits per heavy atom. The van der Waals surface area contributed by atoms with E-state index in [9.17, 15) is 14.0 Å². The Kier molecular flexibility index (Phi) is 7.14. The minimum absolute atomic E-state index is 0.0798. The van der Waals surface area contributed by atoms with Crippen LogP contribution in [0.3, 0.4) is 0 Å². The van der Waals surface area contributed by atoms with Crippen molar-refractivity contribution in [2.75, 3.05) is 14.1 Å². The van der Waals surface area contributed by atoms with Crippen LogP contribution in [0.15, 0.2) is 29.4 Å². The molecule has 3 amide bonds. The zero-order valence-corrected chi connectivity index (χ0v) is 17.3. The van der Waals surface area contributed by atoms with E-state index in [2.05, 4.69) is 15.5 Å². The van der Waals surface area contributed by atoms with E-state index in [4.69, 9.17) is 5.73 Å². The highest BCUT2D eigenvalue weighted by Crippen LogP contribution is 2.32. The molecular weight excluding hydrogens is 383 g/mol. The van der Waals surface area contributed by atoms with Gasteiger partial charge in [-0.25, -0.2) is 9.18 Å². The molecule has 2 atom stereocenters. The van der Waals surface area contributed by atoms with Crippen LogP contribution in [-0.4, -0.2) is 50.9 Å². The zero-order valence-electron chi connectivity index (χ0n) is 16.5. The van der Waals surface area contributed by atoms with Gasteiger partial charge in [0.25, 0.3) is 0 Å². The van der Waals surface area contributed by atoms with Gasteiger partial charge < -0.3 is 5.73 Å². The summed E-state index contributed by atoms with van der Waals surface area (Å²) in [5, 5.41) is 10.5. The molecule has 0 bridgehead atoms. The monoisotopic (exact) mass is 408 g/mol. The van der Waals surface area contributed by atoms with Gasteiger partial charge in [0.2, 0.25) is 5.91 Å². The van der Waals surface area contributed by atoms with Gasteiger partial charge in [-0.1, -0.05) is 25.6 Å². The predicted octanol–water partition coefficient (Wildman–Crippen LogP) is 2.34. The first kappa shape index (κ1) is 21.8. The first-order valence-electron chi connectivity index (χ1n) is 8.76. The van der Waals surface area contributed by atoms with E-state index in [-0.39, 0.29) is 17.8 Å². The number of hydrogen-bond acceptors (Lipinski definition) is 6. The van der Waals surface area contributed by atoms with Gasteiger partial charge in [-0.2, -0.15) is 0 Å². The standard InChI is InChI=1S/C18H25FN6O2S/c1-10(2)14(16(26)21-17(20)27)28-18-23-22-15(11(3)24(4)5)25(18)13-8-6-12(19)7-9-13/h6-11,14H,1-5H3,(H3,20,21,26,27)/t11-,14+/m0/s1. The number of nitrogens with two attached hydrogens (primary N) is 1. The Morgan fingerprint density at radius 3 is 2.29 bits per heavy atom. The third kappa shape index (κ3) is 5.08. The molecule has 0 unspecified atom stereocenters. The van der Waals surface area contributed by atoms with Gasteiger partial charge in [-0.05, 0) is 51.2 Å². The summed E-state index contributed by atoms with van der Waals surface area (Å²) in [6, 6.07) is 4.98. The van der Waals surface area contributed by atoms with Gasteiger partial charge in [0.05, 0.1) is 11.3 Å². The minimum atomic E-state index is -0.904. The lowest BCUT2D eigenvalue weighted by atomic mass is 10.1. The number of imide groups is 1. The molecule has 0 aliphatic rings. The van der Waals surface area contributed by atoms with Gasteiger partial charge in [0.1, 0.15) is 5.82 Å². The highest BCUT2D eigenvalue weighted by atomic mass is 32.2. The van der Waals surface area contributed by atoms with Crippen molar-refractivity contribution in [2.24, 2.45) is 11.7 Å². The van der Waals surface area contributed by atoms with Crippen molar-refractivity contribution in [3.8, 4) is 5.69 Å². The van der Waals surface area contributed by atoms with Crippen LogP contribution in [0.5, 0.6) is 0 Å². The van der Waals surface area contributed by atoms with E-state index in [0.717, 1.165) is 0 Å². The normalized spacial score (nSPS) is 13.6. The molecule has 0 aliphatic carbocycles. The van der Waals surface area contributed by atoms with Crippen molar-refractivity contribution in [1.29, 1.82) is 0 Å². The largest absolute Gasteiger partial charge is 0.351 e. The second kappa shape index (κ2) is 9.16. The first-order chi connectivity index (χ1) is 13.1. The fourth-order valence-electron chi connectivity index (χ4n) is 2.49. The maximum atomic E-state index is 13.4. The number of primary amides is 1. The zero-order chi connectivity index (χ0) is 21.0. The van der Waals surface area contributed by atoms with Crippen LogP contribution in [0.4, 0.5) is 9.18 Å². The summed E-state index contributed by atoms with van der Waals surface area (Å²) in [7, 11) is 3.83. The molecule has 10 heteroatoms. The van der Waals surface area contributed by atoms with E-state index < -0.39 is 17.2 Å². The molecule has 28 heavy (non-hydrogen) atoms. The number of nitrogens with zero attached hydrogens (tertiary/aromatic N) is 4. The predicted molar refractivity (Wildman–Crippen MR) is 106 cm³/mol. The minimum Gasteiger partial charge on any atom is -0.351 e. The van der Waals surface area contributed by atoms with Crippen molar-refractivity contribution >= 4 is 23.7 Å². The molecule has 8 nitrogen and oxygen atoms in total. The van der Waals surface area contributed by atoms with Crippen LogP contribution in [0, 0.1) is 11.7 Å². The Balaban J connectivity index is 2.49. The van der Waals surface area contributed by atoms with Crippen molar-refractivity contribution in [3.05, 3.63) is 35.9 Å². The van der Waals surface area contributed by atoms with E-state index in [1.54, 1.807) is 16.7 Å². The number of hydrogen-bond donors (Lipinski definition) is 2. The maximum Gasteiger partial charge on any atom is 0.318 e. The molecule has 0 radical (unpaired) electrons. The number of thioether (sulfide) groups is 1. The number of aromatic nitrogens is 3. The summed E-state index contributed by atoms with van der Waals surface area (Å²) in [5.41, 5.74) is 5.76. The Morgan fingerprint density at radius 1 is 1.18 bits per heavy atom. The highest BCUT2D eigenvalue weighted by Gasteiger charge is 2.29. The van der Waals surface area contributed by atoms with Gasteiger partial charge >= 0.3 is 6.03 Å². The SMILES string of the molecule is CC(C)[C@@H](Sc1nnc([C@H](C)N(C)C)n1-c1ccc(F)cc1)C(=O)NC(N)=O. The average Bonchev–Trinajstić information content (AvgIpc) is 3.02. The second-order valence-corrected chi connectivity index (χ2v) is 8.04. The number of carbonyl (C=O) groups excluding carboxylic acids is 2. The van der Waals surface area contributed by atoms with Gasteiger partial charge in [-0.3, -0.25) is 19.6 Å². The summed E-state index contributed by atoms with van der Waals surface area (Å²) >= 11 is 1.18. The Labute approximate surface area is 167 Å². The smallest absolute Gasteiger partial charge is 0.318 e. The van der Waals surface area contributed by atoms with Crippen molar-refractivity contribution < 1.29 is 14.0 Å². The van der Waals surface area contributed by atoms with E-state index in [1.807, 2.05) is 39.8 Å². The molecule has 2 rings (SSSR count). The van der Waals surface area contributed by atoms with Crippen LogP contribution in [0.1, 0.15) is 32.6 Å². The molecule has 1 aromatic heterocycles. The molecule has 0 spiro atoms. The first-order valence-corrected chi connectivity index (χ1v) is 9.64. The van der Waals surface area contributed by atoms with Crippen LogP contribution in [0.25, 0.3) is 5.69 Å². The van der Waals surface area contributed by atoms with Crippen molar-refractivity contribution in [1.82, 2.24) is 25.0 Å². The molecule has 1 heterocycles.